The second-order valence-corrected chi connectivity index (χ2v) is 4.81. The number of hydrogen-bond acceptors (Lipinski definition) is 2. The number of hydrogen-bond donors (Lipinski definition) is 0. The summed E-state index contributed by atoms with van der Waals surface area (Å²) in [5.74, 6) is 0. The number of likely N-dealkylation sites (tertiary alicyclic amines) is 1. The van der Waals surface area contributed by atoms with Crippen LogP contribution in [0.4, 0.5) is 12.9 Å². The summed E-state index contributed by atoms with van der Waals surface area (Å²) in [6, 6.07) is 0.858. The number of rotatable bonds is 2. The lowest BCUT2D eigenvalue weighted by atomic mass is 9.90. The lowest BCUT2D eigenvalue weighted by Gasteiger charge is -2.29. The van der Waals surface area contributed by atoms with Gasteiger partial charge in [-0.3, -0.25) is 4.90 Å². The van der Waals surface area contributed by atoms with Gasteiger partial charge in [0.1, 0.15) is 0 Å². The summed E-state index contributed by atoms with van der Waals surface area (Å²) in [4.78, 5) is 3.85. The third-order valence-electron chi connectivity index (χ3n) is 3.70. The second kappa shape index (κ2) is 3.98. The topological polar surface area (TPSA) is 6.48 Å². The molecule has 2 heterocycles. The van der Waals surface area contributed by atoms with Crippen molar-refractivity contribution < 1.29 is 12.9 Å². The fraction of sp³-hybridized carbons (Fsp3) is 1.00. The molecule has 2 aliphatic rings. The maximum absolute atomic E-state index is 12.3. The quantitative estimate of drug-likeness (QED) is 0.652. The zero-order chi connectivity index (χ0) is 11.1. The van der Waals surface area contributed by atoms with Crippen LogP contribution in [0, 0.1) is 0 Å². The van der Waals surface area contributed by atoms with Crippen molar-refractivity contribution in [2.24, 2.45) is 0 Å². The minimum atomic E-state index is -4.66. The molecular weight excluding hydrogens is 204 g/mol. The third kappa shape index (κ3) is 2.66. The van der Waals surface area contributed by atoms with E-state index in [4.69, 9.17) is 0 Å². The SMILES string of the molecule is CN1C2CCC1CN(C[B-](F)(F)F)CC2. The largest absolute Gasteiger partial charge is 0.492 e. The molecule has 2 bridgehead atoms. The fourth-order valence-electron chi connectivity index (χ4n) is 2.84. The van der Waals surface area contributed by atoms with Gasteiger partial charge in [0, 0.05) is 18.6 Å². The normalized spacial score (nSPS) is 34.4. The molecule has 0 saturated carbocycles. The van der Waals surface area contributed by atoms with E-state index in [0.717, 1.165) is 19.3 Å². The molecule has 2 saturated heterocycles. The van der Waals surface area contributed by atoms with Crippen molar-refractivity contribution in [2.45, 2.75) is 31.3 Å². The average Bonchev–Trinajstić information content (AvgIpc) is 2.31. The average molecular weight is 221 g/mol. The van der Waals surface area contributed by atoms with Crippen LogP contribution in [0.2, 0.25) is 0 Å². The Morgan fingerprint density at radius 3 is 2.47 bits per heavy atom. The van der Waals surface area contributed by atoms with E-state index in [1.165, 1.54) is 0 Å². The Morgan fingerprint density at radius 1 is 1.13 bits per heavy atom. The van der Waals surface area contributed by atoms with Gasteiger partial charge in [0.05, 0.1) is 0 Å². The van der Waals surface area contributed by atoms with Gasteiger partial charge in [0.2, 0.25) is 0 Å². The van der Waals surface area contributed by atoms with Gasteiger partial charge < -0.3 is 17.8 Å². The lowest BCUT2D eigenvalue weighted by Crippen LogP contribution is -2.43. The van der Waals surface area contributed by atoms with Crippen molar-refractivity contribution in [3.8, 4) is 0 Å². The van der Waals surface area contributed by atoms with Gasteiger partial charge in [-0.2, -0.15) is 0 Å². The molecule has 2 fully saturated rings. The van der Waals surface area contributed by atoms with Crippen molar-refractivity contribution in [3.05, 3.63) is 0 Å². The highest BCUT2D eigenvalue weighted by Gasteiger charge is 2.36. The van der Waals surface area contributed by atoms with Gasteiger partial charge in [-0.15, -0.1) is 0 Å². The molecule has 0 amide bonds. The molecule has 88 valence electrons. The van der Waals surface area contributed by atoms with Gasteiger partial charge >= 0.3 is 6.98 Å². The molecule has 2 unspecified atom stereocenters. The van der Waals surface area contributed by atoms with Crippen LogP contribution in [0.3, 0.4) is 0 Å². The maximum Gasteiger partial charge on any atom is 0.492 e. The molecule has 0 N–H and O–H groups in total. The first kappa shape index (κ1) is 11.3. The maximum atomic E-state index is 12.3. The van der Waals surface area contributed by atoms with Crippen LogP contribution in [0.15, 0.2) is 0 Å². The summed E-state index contributed by atoms with van der Waals surface area (Å²) in [5.41, 5.74) is 0. The van der Waals surface area contributed by atoms with Crippen molar-refractivity contribution in [1.29, 1.82) is 0 Å². The lowest BCUT2D eigenvalue weighted by molar-refractivity contribution is 0.223. The summed E-state index contributed by atoms with van der Waals surface area (Å²) in [6.45, 7) is -3.47. The van der Waals surface area contributed by atoms with Crippen LogP contribution in [0.1, 0.15) is 19.3 Å². The van der Waals surface area contributed by atoms with Crippen molar-refractivity contribution in [3.63, 3.8) is 0 Å². The van der Waals surface area contributed by atoms with Gasteiger partial charge in [0.15, 0.2) is 0 Å². The number of fused-ring (bicyclic) bond motifs is 2. The van der Waals surface area contributed by atoms with E-state index >= 15 is 0 Å². The first-order valence-corrected chi connectivity index (χ1v) is 5.61. The molecule has 2 aliphatic heterocycles. The molecule has 0 aromatic carbocycles. The number of likely N-dealkylation sites (N-methyl/N-ethyl adjacent to an activating group) is 1. The Morgan fingerprint density at radius 2 is 1.80 bits per heavy atom. The van der Waals surface area contributed by atoms with E-state index in [1.54, 1.807) is 4.90 Å². The Labute approximate surface area is 88.5 Å². The van der Waals surface area contributed by atoms with Crippen LogP contribution < -0.4 is 0 Å². The van der Waals surface area contributed by atoms with Crippen LogP contribution in [0.5, 0.6) is 0 Å². The first-order chi connectivity index (χ1) is 6.96. The minimum Gasteiger partial charge on any atom is -0.448 e. The molecule has 0 spiro atoms. The Hall–Kier alpha value is -0.225. The Bertz CT molecular complexity index is 234. The molecule has 0 aromatic rings. The number of halogens is 3. The summed E-state index contributed by atoms with van der Waals surface area (Å²) in [7, 11) is 2.05. The molecule has 0 aliphatic carbocycles. The van der Waals surface area contributed by atoms with E-state index in [1.807, 2.05) is 7.05 Å². The van der Waals surface area contributed by atoms with Crippen molar-refractivity contribution >= 4 is 6.98 Å². The monoisotopic (exact) mass is 221 g/mol. The highest BCUT2D eigenvalue weighted by atomic mass is 19.4. The summed E-state index contributed by atoms with van der Waals surface area (Å²) in [5, 5.41) is 0. The predicted octanol–water partition coefficient (Wildman–Crippen LogP) is 1.54. The standard InChI is InChI=1S/C9H17BF3N2/c1-14-8-2-3-9(14)6-15(5-4-8)7-10(11,12)13/h8-9H,2-7H2,1H3/q-1. The molecule has 6 heteroatoms. The van der Waals surface area contributed by atoms with Gasteiger partial charge in [-0.05, 0) is 39.3 Å². The van der Waals surface area contributed by atoms with E-state index in [2.05, 4.69) is 4.90 Å². The van der Waals surface area contributed by atoms with Gasteiger partial charge in [-0.1, -0.05) is 0 Å². The highest BCUT2D eigenvalue weighted by molar-refractivity contribution is 6.58. The van der Waals surface area contributed by atoms with E-state index in [9.17, 15) is 12.9 Å². The van der Waals surface area contributed by atoms with E-state index in [0.29, 0.717) is 25.2 Å². The van der Waals surface area contributed by atoms with Crippen LogP contribution in [0.25, 0.3) is 0 Å². The fourth-order valence-corrected chi connectivity index (χ4v) is 2.84. The predicted molar refractivity (Wildman–Crippen MR) is 54.7 cm³/mol. The third-order valence-corrected chi connectivity index (χ3v) is 3.70. The minimum absolute atomic E-state index is 0.343. The van der Waals surface area contributed by atoms with Crippen LogP contribution in [-0.2, 0) is 0 Å². The first-order valence-electron chi connectivity index (χ1n) is 5.61. The molecule has 2 atom stereocenters. The highest BCUT2D eigenvalue weighted by Crippen LogP contribution is 2.29. The smallest absolute Gasteiger partial charge is 0.448 e. The molecule has 0 radical (unpaired) electrons. The summed E-state index contributed by atoms with van der Waals surface area (Å²) in [6.07, 6.45) is 2.42. The van der Waals surface area contributed by atoms with Gasteiger partial charge in [0.25, 0.3) is 0 Å². The van der Waals surface area contributed by atoms with Crippen molar-refractivity contribution in [1.82, 2.24) is 9.80 Å². The summed E-state index contributed by atoms with van der Waals surface area (Å²) >= 11 is 0. The molecule has 15 heavy (non-hydrogen) atoms. The molecule has 2 rings (SSSR count). The van der Waals surface area contributed by atoms with E-state index in [-0.39, 0.29) is 0 Å². The van der Waals surface area contributed by atoms with Crippen LogP contribution >= 0.6 is 0 Å². The second-order valence-electron chi connectivity index (χ2n) is 4.81. The van der Waals surface area contributed by atoms with Crippen LogP contribution in [-0.4, -0.2) is 55.4 Å². The van der Waals surface area contributed by atoms with Crippen molar-refractivity contribution in [2.75, 3.05) is 26.6 Å². The van der Waals surface area contributed by atoms with E-state index < -0.39 is 13.4 Å². The Kier molecular flexibility index (Phi) is 2.99. The zero-order valence-corrected chi connectivity index (χ0v) is 9.00. The molecule has 2 nitrogen and oxygen atoms in total. The zero-order valence-electron chi connectivity index (χ0n) is 9.00. The Balaban J connectivity index is 1.95. The van der Waals surface area contributed by atoms with Gasteiger partial charge in [-0.25, -0.2) is 0 Å². The molecular formula is C9H17BF3N2-. The molecule has 0 aromatic heterocycles. The summed E-state index contributed by atoms with van der Waals surface area (Å²) < 4.78 is 37.0. The number of nitrogens with zero attached hydrogens (tertiary/aromatic N) is 2.